The SMILES string of the molecule is COC(=O)c1sc(N2C(=O)C(=O)/C(=C(\O)c3ccccc3)C2c2ccc(C)cc2)nc1C. The molecule has 0 saturated carbocycles. The molecule has 1 aliphatic rings. The zero-order chi connectivity index (χ0) is 23.0. The minimum atomic E-state index is -0.896. The fourth-order valence-corrected chi connectivity index (χ4v) is 4.62. The molecule has 0 aliphatic carbocycles. The van der Waals surface area contributed by atoms with Crippen LogP contribution in [-0.2, 0) is 14.3 Å². The van der Waals surface area contributed by atoms with Gasteiger partial charge < -0.3 is 9.84 Å². The summed E-state index contributed by atoms with van der Waals surface area (Å²) in [5.41, 5.74) is 2.43. The second-order valence-corrected chi connectivity index (χ2v) is 8.33. The van der Waals surface area contributed by atoms with Crippen LogP contribution in [0, 0.1) is 13.8 Å². The summed E-state index contributed by atoms with van der Waals surface area (Å²) in [6.07, 6.45) is 0. The van der Waals surface area contributed by atoms with E-state index < -0.39 is 23.7 Å². The highest BCUT2D eigenvalue weighted by Gasteiger charge is 2.48. The second kappa shape index (κ2) is 8.39. The number of nitrogens with zero attached hydrogens (tertiary/aromatic N) is 2. The number of benzene rings is 2. The normalized spacial score (nSPS) is 17.6. The number of hydrogen-bond donors (Lipinski definition) is 1. The molecule has 1 aliphatic heterocycles. The number of aliphatic hydroxyl groups excluding tert-OH is 1. The van der Waals surface area contributed by atoms with Crippen molar-refractivity contribution < 1.29 is 24.2 Å². The van der Waals surface area contributed by atoms with Crippen LogP contribution in [0.15, 0.2) is 60.2 Å². The molecule has 0 bridgehead atoms. The molecular weight excluding hydrogens is 428 g/mol. The standard InChI is InChI=1S/C24H20N2O5S/c1-13-9-11-15(12-10-13)18-17(19(27)16-7-5-4-6-8-16)20(28)22(29)26(18)24-25-14(2)21(32-24)23(30)31-3/h4-12,18,27H,1-3H3/b19-17-. The molecule has 0 spiro atoms. The van der Waals surface area contributed by atoms with Gasteiger partial charge in [0.05, 0.1) is 24.4 Å². The van der Waals surface area contributed by atoms with Crippen molar-refractivity contribution in [1.82, 2.24) is 4.98 Å². The fourth-order valence-electron chi connectivity index (χ4n) is 3.61. The third-order valence-electron chi connectivity index (χ3n) is 5.25. The lowest BCUT2D eigenvalue weighted by Gasteiger charge is -2.23. The highest BCUT2D eigenvalue weighted by Crippen LogP contribution is 2.43. The molecule has 1 amide bonds. The molecule has 4 rings (SSSR count). The van der Waals surface area contributed by atoms with Crippen molar-refractivity contribution in [2.45, 2.75) is 19.9 Å². The number of esters is 1. The predicted molar refractivity (Wildman–Crippen MR) is 121 cm³/mol. The Labute approximate surface area is 188 Å². The van der Waals surface area contributed by atoms with Crippen molar-refractivity contribution in [2.24, 2.45) is 0 Å². The van der Waals surface area contributed by atoms with Crippen LogP contribution in [0.25, 0.3) is 5.76 Å². The molecule has 1 saturated heterocycles. The van der Waals surface area contributed by atoms with Crippen molar-refractivity contribution in [2.75, 3.05) is 12.0 Å². The van der Waals surface area contributed by atoms with Crippen molar-refractivity contribution in [1.29, 1.82) is 0 Å². The summed E-state index contributed by atoms with van der Waals surface area (Å²) in [6.45, 7) is 3.56. The Morgan fingerprint density at radius 1 is 1.06 bits per heavy atom. The average molecular weight is 449 g/mol. The van der Waals surface area contributed by atoms with E-state index in [4.69, 9.17) is 4.74 Å². The van der Waals surface area contributed by atoms with Gasteiger partial charge in [0.25, 0.3) is 5.78 Å². The number of carbonyl (C=O) groups is 3. The van der Waals surface area contributed by atoms with Crippen molar-refractivity contribution in [3.05, 3.63) is 87.4 Å². The van der Waals surface area contributed by atoms with Gasteiger partial charge in [0.1, 0.15) is 10.6 Å². The number of aryl methyl sites for hydroxylation is 2. The molecule has 1 unspecified atom stereocenters. The quantitative estimate of drug-likeness (QED) is 0.278. The molecular formula is C24H20N2O5S. The maximum Gasteiger partial charge on any atom is 0.350 e. The van der Waals surface area contributed by atoms with Gasteiger partial charge in [-0.2, -0.15) is 0 Å². The summed E-state index contributed by atoms with van der Waals surface area (Å²) >= 11 is 0.969. The number of ketones is 1. The van der Waals surface area contributed by atoms with Gasteiger partial charge in [-0.1, -0.05) is 71.5 Å². The van der Waals surface area contributed by atoms with Crippen molar-refractivity contribution in [3.8, 4) is 0 Å². The molecule has 162 valence electrons. The van der Waals surface area contributed by atoms with Crippen LogP contribution < -0.4 is 4.90 Å². The van der Waals surface area contributed by atoms with Gasteiger partial charge in [-0.25, -0.2) is 9.78 Å². The number of aliphatic hydroxyl groups is 1. The molecule has 3 aromatic rings. The maximum absolute atomic E-state index is 13.1. The topological polar surface area (TPSA) is 96.8 Å². The molecule has 1 aromatic heterocycles. The Hall–Kier alpha value is -3.78. The number of ether oxygens (including phenoxy) is 1. The Morgan fingerprint density at radius 3 is 2.34 bits per heavy atom. The lowest BCUT2D eigenvalue weighted by atomic mass is 9.95. The minimum Gasteiger partial charge on any atom is -0.507 e. The molecule has 7 nitrogen and oxygen atoms in total. The van der Waals surface area contributed by atoms with E-state index in [0.717, 1.165) is 16.9 Å². The van der Waals surface area contributed by atoms with E-state index in [9.17, 15) is 19.5 Å². The average Bonchev–Trinajstić information content (AvgIpc) is 3.31. The summed E-state index contributed by atoms with van der Waals surface area (Å²) in [5, 5.41) is 11.2. The molecule has 1 N–H and O–H groups in total. The number of carbonyl (C=O) groups excluding carboxylic acids is 3. The van der Waals surface area contributed by atoms with Crippen LogP contribution in [0.2, 0.25) is 0 Å². The summed E-state index contributed by atoms with van der Waals surface area (Å²) in [5.74, 6) is -2.47. The lowest BCUT2D eigenvalue weighted by Crippen LogP contribution is -2.29. The van der Waals surface area contributed by atoms with E-state index in [1.165, 1.54) is 12.0 Å². The zero-order valence-corrected chi connectivity index (χ0v) is 18.5. The van der Waals surface area contributed by atoms with Crippen molar-refractivity contribution >= 4 is 39.9 Å². The third-order valence-corrected chi connectivity index (χ3v) is 6.38. The Bertz CT molecular complexity index is 1250. The monoisotopic (exact) mass is 448 g/mol. The first-order valence-electron chi connectivity index (χ1n) is 9.82. The number of rotatable bonds is 4. The number of thiazole rings is 1. The largest absolute Gasteiger partial charge is 0.507 e. The highest BCUT2D eigenvalue weighted by atomic mass is 32.1. The van der Waals surface area contributed by atoms with Gasteiger partial charge in [-0.3, -0.25) is 14.5 Å². The van der Waals surface area contributed by atoms with E-state index in [2.05, 4.69) is 4.98 Å². The van der Waals surface area contributed by atoms with E-state index in [-0.39, 0.29) is 21.3 Å². The smallest absolute Gasteiger partial charge is 0.350 e. The van der Waals surface area contributed by atoms with Crippen LogP contribution >= 0.6 is 11.3 Å². The number of hydrogen-bond acceptors (Lipinski definition) is 7. The number of anilines is 1. The van der Waals surface area contributed by atoms with Crippen molar-refractivity contribution in [3.63, 3.8) is 0 Å². The first-order valence-corrected chi connectivity index (χ1v) is 10.6. The lowest BCUT2D eigenvalue weighted by molar-refractivity contribution is -0.132. The van der Waals surface area contributed by atoms with Gasteiger partial charge >= 0.3 is 11.9 Å². The number of methoxy groups -OCH3 is 1. The first-order chi connectivity index (χ1) is 15.3. The minimum absolute atomic E-state index is 0.0301. The Morgan fingerprint density at radius 2 is 1.72 bits per heavy atom. The van der Waals surface area contributed by atoms with Crippen LogP contribution in [0.5, 0.6) is 0 Å². The number of Topliss-reactive ketones (excluding diaryl/α,β-unsaturated/α-hetero) is 1. The molecule has 1 atom stereocenters. The predicted octanol–water partition coefficient (Wildman–Crippen LogP) is 4.17. The third kappa shape index (κ3) is 3.58. The number of amides is 1. The first kappa shape index (κ1) is 21.5. The van der Waals surface area contributed by atoms with Crippen LogP contribution in [-0.4, -0.2) is 34.9 Å². The Balaban J connectivity index is 1.93. The van der Waals surface area contributed by atoms with Gasteiger partial charge in [0, 0.05) is 5.56 Å². The van der Waals surface area contributed by atoms with Crippen LogP contribution in [0.4, 0.5) is 5.13 Å². The fraction of sp³-hybridized carbons (Fsp3) is 0.167. The Kier molecular flexibility index (Phi) is 5.63. The summed E-state index contributed by atoms with van der Waals surface area (Å²) in [6, 6.07) is 15.0. The number of aromatic nitrogens is 1. The van der Waals surface area contributed by atoms with Crippen LogP contribution in [0.1, 0.15) is 38.1 Å². The van der Waals surface area contributed by atoms with E-state index >= 15 is 0 Å². The van der Waals surface area contributed by atoms with Gasteiger partial charge in [-0.05, 0) is 19.4 Å². The maximum atomic E-state index is 13.1. The van der Waals surface area contributed by atoms with E-state index in [1.807, 2.05) is 19.1 Å². The summed E-state index contributed by atoms with van der Waals surface area (Å²) in [7, 11) is 1.26. The molecule has 32 heavy (non-hydrogen) atoms. The molecule has 0 radical (unpaired) electrons. The molecule has 1 fully saturated rings. The summed E-state index contributed by atoms with van der Waals surface area (Å²) in [4.78, 5) is 44.2. The molecule has 2 heterocycles. The second-order valence-electron chi connectivity index (χ2n) is 7.35. The van der Waals surface area contributed by atoms with Crippen LogP contribution in [0.3, 0.4) is 0 Å². The highest BCUT2D eigenvalue weighted by molar-refractivity contribution is 7.17. The van der Waals surface area contributed by atoms with Gasteiger partial charge in [0.2, 0.25) is 0 Å². The van der Waals surface area contributed by atoms with Gasteiger partial charge in [-0.15, -0.1) is 0 Å². The molecule has 8 heteroatoms. The van der Waals surface area contributed by atoms with E-state index in [1.54, 1.807) is 49.4 Å². The van der Waals surface area contributed by atoms with E-state index in [0.29, 0.717) is 16.8 Å². The molecule has 2 aromatic carbocycles. The van der Waals surface area contributed by atoms with Gasteiger partial charge in [0.15, 0.2) is 5.13 Å². The zero-order valence-electron chi connectivity index (χ0n) is 17.7. The summed E-state index contributed by atoms with van der Waals surface area (Å²) < 4.78 is 4.79.